The molecule has 1 heterocycles. The normalized spacial score (nSPS) is 21.8. The number of hydrogen-bond donors (Lipinski definition) is 1. The summed E-state index contributed by atoms with van der Waals surface area (Å²) < 4.78 is 14.2. The lowest BCUT2D eigenvalue weighted by molar-refractivity contribution is 0.553. The number of likely N-dealkylation sites (N-methyl/N-ethyl adjacent to an activating group) is 1. The molecule has 0 spiro atoms. The Hall–Kier alpha value is 0.290. The van der Waals surface area contributed by atoms with E-state index in [0.29, 0.717) is 11.3 Å². The largest absolute Gasteiger partial charge is 0.316 e. The second-order valence-electron chi connectivity index (χ2n) is 4.36. The summed E-state index contributed by atoms with van der Waals surface area (Å²) in [5.41, 5.74) is 1.05. The lowest BCUT2D eigenvalue weighted by Gasteiger charge is -2.29. The molecule has 1 aliphatic heterocycles. The van der Waals surface area contributed by atoms with Crippen molar-refractivity contribution in [2.45, 2.75) is 17.7 Å². The lowest BCUT2D eigenvalue weighted by Crippen LogP contribution is -2.40. The molecule has 2 atom stereocenters. The molecule has 0 aliphatic carbocycles. The SMILES string of the molecule is CNC(Cc1cc(F)cc(Br)c1)C1CSCCS1. The summed E-state index contributed by atoms with van der Waals surface area (Å²) in [6, 6.07) is 5.56. The van der Waals surface area contributed by atoms with Gasteiger partial charge in [0.2, 0.25) is 0 Å². The monoisotopic (exact) mass is 349 g/mol. The van der Waals surface area contributed by atoms with E-state index in [2.05, 4.69) is 21.2 Å². The van der Waals surface area contributed by atoms with Crippen LogP contribution >= 0.6 is 39.5 Å². The van der Waals surface area contributed by atoms with Crippen LogP contribution in [0.1, 0.15) is 5.56 Å². The summed E-state index contributed by atoms with van der Waals surface area (Å²) in [5.74, 6) is 3.50. The molecule has 0 amide bonds. The average Bonchev–Trinajstić information content (AvgIpc) is 2.36. The van der Waals surface area contributed by atoms with Gasteiger partial charge < -0.3 is 5.32 Å². The number of nitrogens with one attached hydrogen (secondary N) is 1. The molecule has 5 heteroatoms. The molecule has 1 aliphatic rings. The number of hydrogen-bond acceptors (Lipinski definition) is 3. The summed E-state index contributed by atoms with van der Waals surface area (Å²) >= 11 is 7.41. The molecular formula is C13H17BrFNS2. The van der Waals surface area contributed by atoms with Gasteiger partial charge in [0.05, 0.1) is 0 Å². The first kappa shape index (κ1) is 14.7. The maximum Gasteiger partial charge on any atom is 0.124 e. The van der Waals surface area contributed by atoms with E-state index in [-0.39, 0.29) is 5.82 Å². The van der Waals surface area contributed by atoms with Crippen LogP contribution in [0.25, 0.3) is 0 Å². The summed E-state index contributed by atoms with van der Waals surface area (Å²) in [7, 11) is 2.00. The van der Waals surface area contributed by atoms with Gasteiger partial charge in [-0.2, -0.15) is 23.5 Å². The predicted molar refractivity (Wildman–Crippen MR) is 84.2 cm³/mol. The molecule has 0 aromatic heterocycles. The van der Waals surface area contributed by atoms with Crippen molar-refractivity contribution in [3.05, 3.63) is 34.1 Å². The van der Waals surface area contributed by atoms with Crippen molar-refractivity contribution < 1.29 is 4.39 Å². The number of thioether (sulfide) groups is 2. The fourth-order valence-electron chi connectivity index (χ4n) is 2.14. The first-order valence-electron chi connectivity index (χ1n) is 6.00. The molecule has 0 bridgehead atoms. The van der Waals surface area contributed by atoms with Crippen molar-refractivity contribution >= 4 is 39.5 Å². The molecule has 18 heavy (non-hydrogen) atoms. The minimum atomic E-state index is -0.167. The van der Waals surface area contributed by atoms with Crippen molar-refractivity contribution in [1.29, 1.82) is 0 Å². The second kappa shape index (κ2) is 7.17. The molecule has 100 valence electrons. The van der Waals surface area contributed by atoms with E-state index in [0.717, 1.165) is 16.5 Å². The number of benzene rings is 1. The number of halogens is 2. The van der Waals surface area contributed by atoms with E-state index in [1.807, 2.05) is 36.6 Å². The van der Waals surface area contributed by atoms with Crippen LogP contribution in [-0.4, -0.2) is 35.6 Å². The highest BCUT2D eigenvalue weighted by Crippen LogP contribution is 2.28. The third-order valence-corrected chi connectivity index (χ3v) is 6.42. The first-order valence-corrected chi connectivity index (χ1v) is 9.00. The van der Waals surface area contributed by atoms with Gasteiger partial charge in [-0.3, -0.25) is 0 Å². The summed E-state index contributed by atoms with van der Waals surface area (Å²) in [4.78, 5) is 0. The van der Waals surface area contributed by atoms with Gasteiger partial charge in [0.15, 0.2) is 0 Å². The van der Waals surface area contributed by atoms with Crippen molar-refractivity contribution in [2.75, 3.05) is 24.3 Å². The predicted octanol–water partition coefficient (Wildman–Crippen LogP) is 3.57. The zero-order valence-electron chi connectivity index (χ0n) is 10.3. The van der Waals surface area contributed by atoms with Crippen LogP contribution in [0.4, 0.5) is 4.39 Å². The van der Waals surface area contributed by atoms with Gasteiger partial charge in [-0.05, 0) is 37.2 Å². The molecular weight excluding hydrogens is 333 g/mol. The van der Waals surface area contributed by atoms with E-state index in [9.17, 15) is 4.39 Å². The van der Waals surface area contributed by atoms with E-state index in [1.54, 1.807) is 6.07 Å². The third kappa shape index (κ3) is 4.15. The first-order chi connectivity index (χ1) is 8.69. The molecule has 2 rings (SSSR count). The van der Waals surface area contributed by atoms with Crippen LogP contribution in [0.2, 0.25) is 0 Å². The van der Waals surface area contributed by atoms with Crippen molar-refractivity contribution in [1.82, 2.24) is 5.32 Å². The Labute approximate surface area is 125 Å². The Morgan fingerprint density at radius 3 is 2.89 bits per heavy atom. The molecule has 0 radical (unpaired) electrons. The fourth-order valence-corrected chi connectivity index (χ4v) is 5.58. The Balaban J connectivity index is 2.04. The van der Waals surface area contributed by atoms with Crippen molar-refractivity contribution in [3.8, 4) is 0 Å². The van der Waals surface area contributed by atoms with Crippen LogP contribution in [0.15, 0.2) is 22.7 Å². The molecule has 1 saturated heterocycles. The van der Waals surface area contributed by atoms with E-state index < -0.39 is 0 Å². The van der Waals surface area contributed by atoms with Crippen LogP contribution in [0, 0.1) is 5.82 Å². The smallest absolute Gasteiger partial charge is 0.124 e. The lowest BCUT2D eigenvalue weighted by atomic mass is 10.0. The zero-order chi connectivity index (χ0) is 13.0. The summed E-state index contributed by atoms with van der Waals surface area (Å²) in [5, 5.41) is 4.01. The highest BCUT2D eigenvalue weighted by Gasteiger charge is 2.23. The molecule has 1 aromatic rings. The molecule has 1 aromatic carbocycles. The van der Waals surface area contributed by atoms with Gasteiger partial charge in [0, 0.05) is 33.0 Å². The zero-order valence-corrected chi connectivity index (χ0v) is 13.5. The maximum absolute atomic E-state index is 13.4. The Bertz CT molecular complexity index is 376. The highest BCUT2D eigenvalue weighted by atomic mass is 79.9. The molecule has 0 saturated carbocycles. The van der Waals surface area contributed by atoms with Gasteiger partial charge in [-0.15, -0.1) is 0 Å². The molecule has 1 nitrogen and oxygen atoms in total. The Morgan fingerprint density at radius 2 is 2.28 bits per heavy atom. The fraction of sp³-hybridized carbons (Fsp3) is 0.538. The minimum Gasteiger partial charge on any atom is -0.316 e. The van der Waals surface area contributed by atoms with Gasteiger partial charge >= 0.3 is 0 Å². The molecule has 1 N–H and O–H groups in total. The van der Waals surface area contributed by atoms with Gasteiger partial charge in [-0.25, -0.2) is 4.39 Å². The van der Waals surface area contributed by atoms with E-state index >= 15 is 0 Å². The minimum absolute atomic E-state index is 0.167. The van der Waals surface area contributed by atoms with Gasteiger partial charge in [0.1, 0.15) is 5.82 Å². The summed E-state index contributed by atoms with van der Waals surface area (Å²) in [6.45, 7) is 0. The molecule has 1 fully saturated rings. The average molecular weight is 350 g/mol. The van der Waals surface area contributed by atoms with Crippen LogP contribution < -0.4 is 5.32 Å². The Kier molecular flexibility index (Phi) is 5.86. The standard InChI is InChI=1S/C13H17BrFNS2/c1-16-12(13-8-17-2-3-18-13)6-9-4-10(14)7-11(15)5-9/h4-5,7,12-13,16H,2-3,6,8H2,1H3. The maximum atomic E-state index is 13.4. The topological polar surface area (TPSA) is 12.0 Å². The third-order valence-electron chi connectivity index (χ3n) is 3.04. The van der Waals surface area contributed by atoms with Crippen molar-refractivity contribution in [2.24, 2.45) is 0 Å². The second-order valence-corrected chi connectivity index (χ2v) is 7.77. The van der Waals surface area contributed by atoms with E-state index in [4.69, 9.17) is 0 Å². The van der Waals surface area contributed by atoms with Gasteiger partial charge in [-0.1, -0.05) is 15.9 Å². The van der Waals surface area contributed by atoms with Gasteiger partial charge in [0.25, 0.3) is 0 Å². The molecule has 2 unspecified atom stereocenters. The Morgan fingerprint density at radius 1 is 1.44 bits per heavy atom. The van der Waals surface area contributed by atoms with E-state index in [1.165, 1.54) is 23.3 Å². The van der Waals surface area contributed by atoms with Crippen LogP contribution in [-0.2, 0) is 6.42 Å². The van der Waals surface area contributed by atoms with Crippen LogP contribution in [0.5, 0.6) is 0 Å². The highest BCUT2D eigenvalue weighted by molar-refractivity contribution is 9.10. The summed E-state index contributed by atoms with van der Waals surface area (Å²) in [6.07, 6.45) is 0.880. The van der Waals surface area contributed by atoms with Crippen molar-refractivity contribution in [3.63, 3.8) is 0 Å². The quantitative estimate of drug-likeness (QED) is 0.892. The van der Waals surface area contributed by atoms with Crippen LogP contribution in [0.3, 0.4) is 0 Å². The number of rotatable bonds is 4.